The smallest absolute Gasteiger partial charge is 0.223 e. The summed E-state index contributed by atoms with van der Waals surface area (Å²) in [6, 6.07) is 7.96. The van der Waals surface area contributed by atoms with Crippen molar-refractivity contribution in [2.75, 3.05) is 33.3 Å². The Bertz CT molecular complexity index is 428. The molecule has 0 spiro atoms. The second-order valence-corrected chi connectivity index (χ2v) is 5.01. The molecule has 104 valence electrons. The highest BCUT2D eigenvalue weighted by atomic mass is 16.5. The van der Waals surface area contributed by atoms with Gasteiger partial charge in [-0.1, -0.05) is 19.1 Å². The van der Waals surface area contributed by atoms with E-state index in [-0.39, 0.29) is 11.8 Å². The average Bonchev–Trinajstić information content (AvgIpc) is 2.48. The summed E-state index contributed by atoms with van der Waals surface area (Å²) >= 11 is 0. The SMILES string of the molecule is COc1cccc(C(C)CC(=O)N2CCNCC2)c1. The number of carbonyl (C=O) groups is 1. The molecular weight excluding hydrogens is 240 g/mol. The van der Waals surface area contributed by atoms with E-state index in [4.69, 9.17) is 4.74 Å². The van der Waals surface area contributed by atoms with Crippen LogP contribution in [0.4, 0.5) is 0 Å². The number of carbonyl (C=O) groups excluding carboxylic acids is 1. The Morgan fingerprint density at radius 1 is 1.42 bits per heavy atom. The lowest BCUT2D eigenvalue weighted by atomic mass is 9.97. The zero-order valence-corrected chi connectivity index (χ0v) is 11.7. The molecule has 1 amide bonds. The number of methoxy groups -OCH3 is 1. The zero-order chi connectivity index (χ0) is 13.7. The van der Waals surface area contributed by atoms with Gasteiger partial charge in [0.05, 0.1) is 7.11 Å². The van der Waals surface area contributed by atoms with Crippen molar-refractivity contribution in [3.8, 4) is 5.75 Å². The molecule has 19 heavy (non-hydrogen) atoms. The Balaban J connectivity index is 1.95. The molecular formula is C15H22N2O2. The van der Waals surface area contributed by atoms with Crippen molar-refractivity contribution in [3.63, 3.8) is 0 Å². The lowest BCUT2D eigenvalue weighted by molar-refractivity contribution is -0.132. The van der Waals surface area contributed by atoms with Crippen molar-refractivity contribution in [1.82, 2.24) is 10.2 Å². The number of benzene rings is 1. The van der Waals surface area contributed by atoms with Crippen LogP contribution in [0.25, 0.3) is 0 Å². The summed E-state index contributed by atoms with van der Waals surface area (Å²) in [5.74, 6) is 1.31. The van der Waals surface area contributed by atoms with Crippen LogP contribution in [0.2, 0.25) is 0 Å². The Hall–Kier alpha value is -1.55. The minimum Gasteiger partial charge on any atom is -0.497 e. The number of hydrogen-bond donors (Lipinski definition) is 1. The standard InChI is InChI=1S/C15H22N2O2/c1-12(13-4-3-5-14(11-13)19-2)10-15(18)17-8-6-16-7-9-17/h3-5,11-12,16H,6-10H2,1-2H3. The van der Waals surface area contributed by atoms with Crippen LogP contribution in [0.15, 0.2) is 24.3 Å². The monoisotopic (exact) mass is 262 g/mol. The number of amides is 1. The molecule has 1 heterocycles. The summed E-state index contributed by atoms with van der Waals surface area (Å²) < 4.78 is 5.22. The van der Waals surface area contributed by atoms with Crippen LogP contribution in [0.5, 0.6) is 5.75 Å². The van der Waals surface area contributed by atoms with Crippen molar-refractivity contribution in [3.05, 3.63) is 29.8 Å². The van der Waals surface area contributed by atoms with Crippen LogP contribution in [0, 0.1) is 0 Å². The lowest BCUT2D eigenvalue weighted by Gasteiger charge is -2.28. The van der Waals surface area contributed by atoms with Gasteiger partial charge in [-0.15, -0.1) is 0 Å². The van der Waals surface area contributed by atoms with Crippen LogP contribution in [-0.4, -0.2) is 44.1 Å². The van der Waals surface area contributed by atoms with Gasteiger partial charge in [-0.25, -0.2) is 0 Å². The van der Waals surface area contributed by atoms with E-state index in [0.717, 1.165) is 37.5 Å². The molecule has 1 fully saturated rings. The molecule has 1 aliphatic rings. The number of piperazine rings is 1. The molecule has 1 saturated heterocycles. The van der Waals surface area contributed by atoms with E-state index in [0.29, 0.717) is 6.42 Å². The largest absolute Gasteiger partial charge is 0.497 e. The molecule has 0 aromatic heterocycles. The fourth-order valence-electron chi connectivity index (χ4n) is 2.37. The quantitative estimate of drug-likeness (QED) is 0.896. The molecule has 0 radical (unpaired) electrons. The highest BCUT2D eigenvalue weighted by molar-refractivity contribution is 5.77. The normalized spacial score (nSPS) is 17.1. The fraction of sp³-hybridized carbons (Fsp3) is 0.533. The van der Waals surface area contributed by atoms with Crippen molar-refractivity contribution < 1.29 is 9.53 Å². The third-order valence-corrected chi connectivity index (χ3v) is 3.61. The summed E-state index contributed by atoms with van der Waals surface area (Å²) in [6.45, 7) is 5.54. The van der Waals surface area contributed by atoms with E-state index in [1.807, 2.05) is 23.1 Å². The Labute approximate surface area is 114 Å². The highest BCUT2D eigenvalue weighted by Crippen LogP contribution is 2.23. The van der Waals surface area contributed by atoms with E-state index in [2.05, 4.69) is 18.3 Å². The van der Waals surface area contributed by atoms with Crippen LogP contribution < -0.4 is 10.1 Å². The van der Waals surface area contributed by atoms with E-state index in [9.17, 15) is 4.79 Å². The van der Waals surface area contributed by atoms with Gasteiger partial charge >= 0.3 is 0 Å². The molecule has 4 nitrogen and oxygen atoms in total. The molecule has 0 saturated carbocycles. The number of hydrogen-bond acceptors (Lipinski definition) is 3. The van der Waals surface area contributed by atoms with Crippen molar-refractivity contribution in [2.45, 2.75) is 19.3 Å². The Kier molecular flexibility index (Phi) is 4.80. The van der Waals surface area contributed by atoms with Crippen LogP contribution >= 0.6 is 0 Å². The van der Waals surface area contributed by atoms with Gasteiger partial charge in [-0.2, -0.15) is 0 Å². The number of nitrogens with zero attached hydrogens (tertiary/aromatic N) is 1. The van der Waals surface area contributed by atoms with Gasteiger partial charge in [0, 0.05) is 32.6 Å². The van der Waals surface area contributed by atoms with Crippen LogP contribution in [0.3, 0.4) is 0 Å². The molecule has 1 aromatic rings. The second kappa shape index (κ2) is 6.57. The predicted octanol–water partition coefficient (Wildman–Crippen LogP) is 1.62. The van der Waals surface area contributed by atoms with Gasteiger partial charge in [0.25, 0.3) is 0 Å². The first-order chi connectivity index (χ1) is 9.20. The minimum atomic E-state index is 0.220. The number of rotatable bonds is 4. The first-order valence-electron chi connectivity index (χ1n) is 6.83. The molecule has 1 aliphatic heterocycles. The molecule has 4 heteroatoms. The zero-order valence-electron chi connectivity index (χ0n) is 11.7. The maximum atomic E-state index is 12.2. The third-order valence-electron chi connectivity index (χ3n) is 3.61. The lowest BCUT2D eigenvalue weighted by Crippen LogP contribution is -2.46. The number of nitrogens with one attached hydrogen (secondary N) is 1. The van der Waals surface area contributed by atoms with Gasteiger partial charge in [0.15, 0.2) is 0 Å². The predicted molar refractivity (Wildman–Crippen MR) is 75.5 cm³/mol. The van der Waals surface area contributed by atoms with Gasteiger partial charge < -0.3 is 15.0 Å². The first kappa shape index (κ1) is 13.9. The maximum absolute atomic E-state index is 12.2. The topological polar surface area (TPSA) is 41.6 Å². The highest BCUT2D eigenvalue weighted by Gasteiger charge is 2.19. The summed E-state index contributed by atoms with van der Waals surface area (Å²) in [4.78, 5) is 14.2. The number of ether oxygens (including phenoxy) is 1. The van der Waals surface area contributed by atoms with Gasteiger partial charge in [0.2, 0.25) is 5.91 Å². The van der Waals surface area contributed by atoms with E-state index in [1.165, 1.54) is 0 Å². The Morgan fingerprint density at radius 2 is 2.16 bits per heavy atom. The third kappa shape index (κ3) is 3.70. The minimum absolute atomic E-state index is 0.220. The van der Waals surface area contributed by atoms with Crippen LogP contribution in [-0.2, 0) is 4.79 Å². The van der Waals surface area contributed by atoms with E-state index in [1.54, 1.807) is 7.11 Å². The first-order valence-corrected chi connectivity index (χ1v) is 6.83. The van der Waals surface area contributed by atoms with Gasteiger partial charge in [-0.05, 0) is 23.6 Å². The summed E-state index contributed by atoms with van der Waals surface area (Å²) in [7, 11) is 1.66. The van der Waals surface area contributed by atoms with Gasteiger partial charge in [-0.3, -0.25) is 4.79 Å². The average molecular weight is 262 g/mol. The van der Waals surface area contributed by atoms with Crippen molar-refractivity contribution in [2.24, 2.45) is 0 Å². The Morgan fingerprint density at radius 3 is 2.84 bits per heavy atom. The van der Waals surface area contributed by atoms with Gasteiger partial charge in [0.1, 0.15) is 5.75 Å². The summed E-state index contributed by atoms with van der Waals surface area (Å²) in [5.41, 5.74) is 1.16. The maximum Gasteiger partial charge on any atom is 0.223 e. The van der Waals surface area contributed by atoms with Crippen molar-refractivity contribution in [1.29, 1.82) is 0 Å². The molecule has 1 unspecified atom stereocenters. The molecule has 1 N–H and O–H groups in total. The molecule has 1 atom stereocenters. The molecule has 1 aromatic carbocycles. The molecule has 0 aliphatic carbocycles. The van der Waals surface area contributed by atoms with Crippen LogP contribution in [0.1, 0.15) is 24.8 Å². The van der Waals surface area contributed by atoms with Crippen molar-refractivity contribution >= 4 is 5.91 Å². The molecule has 2 rings (SSSR count). The fourth-order valence-corrected chi connectivity index (χ4v) is 2.37. The van der Waals surface area contributed by atoms with E-state index >= 15 is 0 Å². The van der Waals surface area contributed by atoms with E-state index < -0.39 is 0 Å². The molecule has 0 bridgehead atoms. The second-order valence-electron chi connectivity index (χ2n) is 5.01. The summed E-state index contributed by atoms with van der Waals surface area (Å²) in [5, 5.41) is 3.26. The summed E-state index contributed by atoms with van der Waals surface area (Å²) in [6.07, 6.45) is 0.563.